The first kappa shape index (κ1) is 16.1. The minimum atomic E-state index is -0.173. The molecular formula is C15H24N2O3. The summed E-state index contributed by atoms with van der Waals surface area (Å²) < 4.78 is 5.02. The summed E-state index contributed by atoms with van der Waals surface area (Å²) in [5, 5.41) is 15.1. The van der Waals surface area contributed by atoms with E-state index in [1.54, 1.807) is 18.2 Å². The number of phenols is 1. The van der Waals surface area contributed by atoms with Gasteiger partial charge in [-0.25, -0.2) is 4.79 Å². The first-order valence-electron chi connectivity index (χ1n) is 7.05. The summed E-state index contributed by atoms with van der Waals surface area (Å²) in [6.07, 6.45) is 4.55. The lowest BCUT2D eigenvalue weighted by atomic mass is 10.2. The number of hydrogen-bond acceptors (Lipinski definition) is 3. The van der Waals surface area contributed by atoms with Gasteiger partial charge in [-0.15, -0.1) is 0 Å². The number of amides is 2. The number of phenolic OH excluding ortho intramolecular Hbond substituents is 1. The van der Waals surface area contributed by atoms with Gasteiger partial charge in [0.2, 0.25) is 0 Å². The van der Waals surface area contributed by atoms with Crippen molar-refractivity contribution in [3.63, 3.8) is 0 Å². The number of benzene rings is 1. The van der Waals surface area contributed by atoms with Gasteiger partial charge in [0.15, 0.2) is 11.5 Å². The van der Waals surface area contributed by atoms with Gasteiger partial charge in [0, 0.05) is 13.1 Å². The molecule has 0 fully saturated rings. The smallest absolute Gasteiger partial charge is 0.315 e. The maximum absolute atomic E-state index is 11.6. The Morgan fingerprint density at radius 3 is 2.75 bits per heavy atom. The van der Waals surface area contributed by atoms with Crippen LogP contribution in [0.1, 0.15) is 38.2 Å². The van der Waals surface area contributed by atoms with Crippen LogP contribution in [-0.4, -0.2) is 24.8 Å². The number of methoxy groups -OCH3 is 1. The zero-order valence-electron chi connectivity index (χ0n) is 12.2. The molecule has 0 atom stereocenters. The molecule has 1 rings (SSSR count). The highest BCUT2D eigenvalue weighted by molar-refractivity contribution is 5.73. The second-order valence-corrected chi connectivity index (χ2v) is 4.68. The molecule has 5 nitrogen and oxygen atoms in total. The summed E-state index contributed by atoms with van der Waals surface area (Å²) in [5.41, 5.74) is 0.876. The van der Waals surface area contributed by atoms with E-state index in [0.717, 1.165) is 18.4 Å². The summed E-state index contributed by atoms with van der Waals surface area (Å²) in [7, 11) is 1.50. The second-order valence-electron chi connectivity index (χ2n) is 4.68. The van der Waals surface area contributed by atoms with Crippen molar-refractivity contribution in [3.05, 3.63) is 23.8 Å². The van der Waals surface area contributed by atoms with Crippen LogP contribution in [0.4, 0.5) is 4.79 Å². The normalized spacial score (nSPS) is 10.1. The molecular weight excluding hydrogens is 256 g/mol. The Balaban J connectivity index is 2.27. The molecule has 3 N–H and O–H groups in total. The number of hydrogen-bond donors (Lipinski definition) is 3. The van der Waals surface area contributed by atoms with E-state index in [2.05, 4.69) is 17.6 Å². The van der Waals surface area contributed by atoms with Crippen LogP contribution in [0.3, 0.4) is 0 Å². The van der Waals surface area contributed by atoms with Gasteiger partial charge in [-0.2, -0.15) is 0 Å². The highest BCUT2D eigenvalue weighted by Gasteiger charge is 2.04. The van der Waals surface area contributed by atoms with Crippen LogP contribution >= 0.6 is 0 Å². The molecule has 0 radical (unpaired) electrons. The maximum atomic E-state index is 11.6. The van der Waals surface area contributed by atoms with Crippen molar-refractivity contribution in [3.8, 4) is 11.5 Å². The van der Waals surface area contributed by atoms with E-state index >= 15 is 0 Å². The lowest BCUT2D eigenvalue weighted by Crippen LogP contribution is -2.35. The van der Waals surface area contributed by atoms with E-state index in [9.17, 15) is 9.90 Å². The molecule has 0 saturated carbocycles. The molecule has 0 spiro atoms. The lowest BCUT2D eigenvalue weighted by molar-refractivity contribution is 0.240. The summed E-state index contributed by atoms with van der Waals surface area (Å²) >= 11 is 0. The van der Waals surface area contributed by atoms with Crippen molar-refractivity contribution >= 4 is 6.03 Å². The van der Waals surface area contributed by atoms with Crippen LogP contribution < -0.4 is 15.4 Å². The molecule has 112 valence electrons. The molecule has 0 bridgehead atoms. The van der Waals surface area contributed by atoms with Gasteiger partial charge < -0.3 is 20.5 Å². The quantitative estimate of drug-likeness (QED) is 0.641. The number of urea groups is 1. The molecule has 0 aliphatic rings. The van der Waals surface area contributed by atoms with E-state index < -0.39 is 0 Å². The van der Waals surface area contributed by atoms with E-state index in [-0.39, 0.29) is 11.8 Å². The Morgan fingerprint density at radius 1 is 1.25 bits per heavy atom. The number of nitrogens with one attached hydrogen (secondary N) is 2. The molecule has 0 saturated heterocycles. The molecule has 5 heteroatoms. The minimum absolute atomic E-state index is 0.0941. The zero-order chi connectivity index (χ0) is 14.8. The third-order valence-corrected chi connectivity index (χ3v) is 3.01. The molecule has 20 heavy (non-hydrogen) atoms. The summed E-state index contributed by atoms with van der Waals surface area (Å²) in [6, 6.07) is 4.84. The predicted octanol–water partition coefficient (Wildman–Crippen LogP) is 2.78. The van der Waals surface area contributed by atoms with Crippen molar-refractivity contribution < 1.29 is 14.6 Å². The number of rotatable bonds is 8. The van der Waals surface area contributed by atoms with Crippen molar-refractivity contribution in [1.82, 2.24) is 10.6 Å². The van der Waals surface area contributed by atoms with Crippen LogP contribution in [0, 0.1) is 0 Å². The molecule has 0 aromatic heterocycles. The molecule has 0 heterocycles. The highest BCUT2D eigenvalue weighted by Crippen LogP contribution is 2.25. The number of carbonyl (C=O) groups is 1. The first-order valence-corrected chi connectivity index (χ1v) is 7.05. The van der Waals surface area contributed by atoms with Gasteiger partial charge in [-0.05, 0) is 24.1 Å². The summed E-state index contributed by atoms with van der Waals surface area (Å²) in [5.74, 6) is 0.501. The molecule has 1 aromatic carbocycles. The predicted molar refractivity (Wildman–Crippen MR) is 79.0 cm³/mol. The highest BCUT2D eigenvalue weighted by atomic mass is 16.5. The summed E-state index contributed by atoms with van der Waals surface area (Å²) in [4.78, 5) is 11.6. The van der Waals surface area contributed by atoms with Gasteiger partial charge in [-0.3, -0.25) is 0 Å². The maximum Gasteiger partial charge on any atom is 0.315 e. The Bertz CT molecular complexity index is 422. The zero-order valence-corrected chi connectivity index (χ0v) is 12.2. The fourth-order valence-corrected chi connectivity index (χ4v) is 1.83. The molecule has 0 aliphatic heterocycles. The third-order valence-electron chi connectivity index (χ3n) is 3.01. The van der Waals surface area contributed by atoms with Crippen LogP contribution in [0.15, 0.2) is 18.2 Å². The molecule has 2 amide bonds. The fraction of sp³-hybridized carbons (Fsp3) is 0.533. The van der Waals surface area contributed by atoms with Crippen molar-refractivity contribution in [2.45, 2.75) is 39.2 Å². The van der Waals surface area contributed by atoms with Crippen molar-refractivity contribution in [2.75, 3.05) is 13.7 Å². The average molecular weight is 280 g/mol. The van der Waals surface area contributed by atoms with Gasteiger partial charge in [0.1, 0.15) is 0 Å². The summed E-state index contributed by atoms with van der Waals surface area (Å²) in [6.45, 7) is 3.26. The lowest BCUT2D eigenvalue weighted by Gasteiger charge is -2.09. The SMILES string of the molecule is CCCCCCNC(=O)NCc1ccc(O)c(OC)c1. The number of aromatic hydroxyl groups is 1. The number of unbranched alkanes of at least 4 members (excludes halogenated alkanes) is 3. The number of carbonyl (C=O) groups excluding carboxylic acids is 1. The Hall–Kier alpha value is -1.91. The Labute approximate surface area is 120 Å². The Morgan fingerprint density at radius 2 is 2.05 bits per heavy atom. The minimum Gasteiger partial charge on any atom is -0.504 e. The van der Waals surface area contributed by atoms with Crippen molar-refractivity contribution in [2.24, 2.45) is 0 Å². The Kier molecular flexibility index (Phi) is 7.32. The van der Waals surface area contributed by atoms with Gasteiger partial charge in [-0.1, -0.05) is 32.3 Å². The van der Waals surface area contributed by atoms with E-state index in [4.69, 9.17) is 4.74 Å². The van der Waals surface area contributed by atoms with E-state index in [1.165, 1.54) is 20.0 Å². The average Bonchev–Trinajstić information content (AvgIpc) is 2.46. The number of ether oxygens (including phenoxy) is 1. The topological polar surface area (TPSA) is 70.6 Å². The van der Waals surface area contributed by atoms with E-state index in [1.807, 2.05) is 0 Å². The van der Waals surface area contributed by atoms with Gasteiger partial charge in [0.05, 0.1) is 7.11 Å². The van der Waals surface area contributed by atoms with Crippen molar-refractivity contribution in [1.29, 1.82) is 0 Å². The molecule has 0 unspecified atom stereocenters. The third kappa shape index (κ3) is 5.82. The molecule has 1 aromatic rings. The second kappa shape index (κ2) is 9.07. The van der Waals surface area contributed by atoms with Gasteiger partial charge in [0.25, 0.3) is 0 Å². The monoisotopic (exact) mass is 280 g/mol. The molecule has 0 aliphatic carbocycles. The van der Waals surface area contributed by atoms with Crippen LogP contribution in [0.25, 0.3) is 0 Å². The fourth-order valence-electron chi connectivity index (χ4n) is 1.83. The van der Waals surface area contributed by atoms with Crippen LogP contribution in [0.2, 0.25) is 0 Å². The first-order chi connectivity index (χ1) is 9.67. The van der Waals surface area contributed by atoms with E-state index in [0.29, 0.717) is 18.8 Å². The largest absolute Gasteiger partial charge is 0.504 e. The standard InChI is InChI=1S/C15H24N2O3/c1-3-4-5-6-9-16-15(19)17-11-12-7-8-13(18)14(10-12)20-2/h7-8,10,18H,3-6,9,11H2,1-2H3,(H2,16,17,19). The van der Waals surface area contributed by atoms with Crippen LogP contribution in [0.5, 0.6) is 11.5 Å². The van der Waals surface area contributed by atoms with Gasteiger partial charge >= 0.3 is 6.03 Å². The van der Waals surface area contributed by atoms with Crippen LogP contribution in [-0.2, 0) is 6.54 Å².